The van der Waals surface area contributed by atoms with Gasteiger partial charge in [-0.2, -0.15) is 5.10 Å². The number of nitrogens with zero attached hydrogens (tertiary/aromatic N) is 3. The Morgan fingerprint density at radius 2 is 2.24 bits per heavy atom. The van der Waals surface area contributed by atoms with E-state index in [-0.39, 0.29) is 18.0 Å². The lowest BCUT2D eigenvalue weighted by molar-refractivity contribution is -0.126. The molecule has 1 aromatic rings. The van der Waals surface area contributed by atoms with E-state index >= 15 is 0 Å². The van der Waals surface area contributed by atoms with Gasteiger partial charge in [-0.1, -0.05) is 0 Å². The van der Waals surface area contributed by atoms with Gasteiger partial charge >= 0.3 is 0 Å². The molecule has 0 aliphatic heterocycles. The number of hydrogen-bond acceptors (Lipinski definition) is 4. The van der Waals surface area contributed by atoms with E-state index in [1.165, 1.54) is 15.8 Å². The first kappa shape index (κ1) is 13.7. The average molecular weight is 303 g/mol. The van der Waals surface area contributed by atoms with Gasteiger partial charge in [0.2, 0.25) is 5.91 Å². The first-order valence-corrected chi connectivity index (χ1v) is 5.96. The molecule has 1 N–H and O–H groups in total. The summed E-state index contributed by atoms with van der Waals surface area (Å²) in [7, 11) is 3.35. The van der Waals surface area contributed by atoms with Gasteiger partial charge in [0.25, 0.3) is 5.56 Å². The van der Waals surface area contributed by atoms with E-state index in [0.29, 0.717) is 16.7 Å². The molecule has 0 aromatic carbocycles. The highest BCUT2D eigenvalue weighted by molar-refractivity contribution is 9.10. The molecule has 0 aliphatic carbocycles. The quantitative estimate of drug-likeness (QED) is 0.881. The molecule has 0 fully saturated rings. The number of halogens is 1. The number of hydrogen-bond donors (Lipinski definition) is 1. The van der Waals surface area contributed by atoms with Gasteiger partial charge in [0.15, 0.2) is 0 Å². The van der Waals surface area contributed by atoms with Crippen LogP contribution in [0.5, 0.6) is 0 Å². The third-order valence-corrected chi connectivity index (χ3v) is 2.98. The van der Waals surface area contributed by atoms with E-state index in [4.69, 9.17) is 0 Å². The molecular formula is C10H15BrN4O2. The summed E-state index contributed by atoms with van der Waals surface area (Å²) in [4.78, 5) is 24.6. The molecule has 0 aliphatic rings. The molecule has 0 bridgehead atoms. The van der Waals surface area contributed by atoms with Crippen LogP contribution in [0.15, 0.2) is 15.5 Å². The van der Waals surface area contributed by atoms with Crippen molar-refractivity contribution in [3.05, 3.63) is 21.0 Å². The Labute approximate surface area is 108 Å². The van der Waals surface area contributed by atoms with Crippen molar-refractivity contribution in [2.24, 2.45) is 0 Å². The summed E-state index contributed by atoms with van der Waals surface area (Å²) in [6.45, 7) is 2.47. The maximum absolute atomic E-state index is 11.7. The molecule has 17 heavy (non-hydrogen) atoms. The molecule has 1 aromatic heterocycles. The summed E-state index contributed by atoms with van der Waals surface area (Å²) in [5.41, 5.74) is 0.310. The summed E-state index contributed by atoms with van der Waals surface area (Å²) < 4.78 is 1.73. The van der Waals surface area contributed by atoms with Crippen molar-refractivity contribution in [3.63, 3.8) is 0 Å². The molecule has 94 valence electrons. The van der Waals surface area contributed by atoms with E-state index in [1.54, 1.807) is 14.1 Å². The highest BCUT2D eigenvalue weighted by atomic mass is 79.9. The van der Waals surface area contributed by atoms with Gasteiger partial charge < -0.3 is 10.2 Å². The normalized spacial score (nSPS) is 10.1. The topological polar surface area (TPSA) is 67.2 Å². The highest BCUT2D eigenvalue weighted by Crippen LogP contribution is 2.15. The van der Waals surface area contributed by atoms with Crippen LogP contribution in [-0.4, -0.2) is 41.2 Å². The Bertz CT molecular complexity index is 470. The fourth-order valence-corrected chi connectivity index (χ4v) is 1.59. The molecule has 7 heteroatoms. The Balaban J connectivity index is 2.84. The molecule has 1 heterocycles. The third-order valence-electron chi connectivity index (χ3n) is 2.21. The summed E-state index contributed by atoms with van der Waals surface area (Å²) in [5.74, 6) is -0.0726. The molecule has 0 saturated heterocycles. The summed E-state index contributed by atoms with van der Waals surface area (Å²) in [6.07, 6.45) is 1.53. The van der Waals surface area contributed by atoms with Crippen LogP contribution in [0.3, 0.4) is 0 Å². The monoisotopic (exact) mass is 302 g/mol. The lowest BCUT2D eigenvalue weighted by Crippen LogP contribution is -2.30. The Morgan fingerprint density at radius 1 is 1.59 bits per heavy atom. The minimum absolute atomic E-state index is 0.0726. The van der Waals surface area contributed by atoms with Crippen molar-refractivity contribution in [1.82, 2.24) is 14.7 Å². The van der Waals surface area contributed by atoms with E-state index in [1.807, 2.05) is 6.92 Å². The fourth-order valence-electron chi connectivity index (χ4n) is 1.14. The molecule has 0 saturated carbocycles. The standard InChI is InChI=1S/C10H15BrN4O2/c1-4-15-10(17)9(11)7(5-13-15)12-6-8(16)14(2)3/h5,12H,4,6H2,1-3H3. The fraction of sp³-hybridized carbons (Fsp3) is 0.500. The van der Waals surface area contributed by atoms with Crippen LogP contribution in [0, 0.1) is 0 Å². The predicted molar refractivity (Wildman–Crippen MR) is 69.1 cm³/mol. The summed E-state index contributed by atoms with van der Waals surface area (Å²) in [6, 6.07) is 0. The molecule has 1 rings (SSSR count). The number of likely N-dealkylation sites (N-methyl/N-ethyl adjacent to an activating group) is 1. The SMILES string of the molecule is CCn1ncc(NCC(=O)N(C)C)c(Br)c1=O. The van der Waals surface area contributed by atoms with Crippen LogP contribution in [0.25, 0.3) is 0 Å². The predicted octanol–water partition coefficient (Wildman–Crippen LogP) is 0.526. The molecule has 0 radical (unpaired) electrons. The van der Waals surface area contributed by atoms with E-state index < -0.39 is 0 Å². The Hall–Kier alpha value is -1.37. The van der Waals surface area contributed by atoms with E-state index in [9.17, 15) is 9.59 Å². The van der Waals surface area contributed by atoms with Crippen molar-refractivity contribution in [2.75, 3.05) is 26.0 Å². The molecule has 0 atom stereocenters. The van der Waals surface area contributed by atoms with Crippen LogP contribution in [-0.2, 0) is 11.3 Å². The van der Waals surface area contributed by atoms with Gasteiger partial charge in [-0.3, -0.25) is 9.59 Å². The molecule has 0 spiro atoms. The molecular weight excluding hydrogens is 288 g/mol. The number of anilines is 1. The van der Waals surface area contributed by atoms with Crippen molar-refractivity contribution < 1.29 is 4.79 Å². The minimum Gasteiger partial charge on any atom is -0.374 e. The van der Waals surface area contributed by atoms with Crippen LogP contribution in [0.2, 0.25) is 0 Å². The first-order chi connectivity index (χ1) is 7.97. The van der Waals surface area contributed by atoms with Crippen LogP contribution < -0.4 is 10.9 Å². The van der Waals surface area contributed by atoms with Gasteiger partial charge in [-0.25, -0.2) is 4.68 Å². The number of rotatable bonds is 4. The zero-order valence-electron chi connectivity index (χ0n) is 10.0. The number of nitrogens with one attached hydrogen (secondary N) is 1. The van der Waals surface area contributed by atoms with Crippen LogP contribution >= 0.6 is 15.9 Å². The lowest BCUT2D eigenvalue weighted by atomic mass is 10.4. The number of aromatic nitrogens is 2. The van der Waals surface area contributed by atoms with Gasteiger partial charge in [-0.05, 0) is 22.9 Å². The highest BCUT2D eigenvalue weighted by Gasteiger charge is 2.09. The zero-order valence-corrected chi connectivity index (χ0v) is 11.6. The van der Waals surface area contributed by atoms with E-state index in [2.05, 4.69) is 26.3 Å². The lowest BCUT2D eigenvalue weighted by Gasteiger charge is -2.12. The molecule has 1 amide bonds. The number of amides is 1. The van der Waals surface area contributed by atoms with Gasteiger partial charge in [0.1, 0.15) is 4.47 Å². The van der Waals surface area contributed by atoms with Crippen LogP contribution in [0.1, 0.15) is 6.92 Å². The summed E-state index contributed by atoms with van der Waals surface area (Å²) in [5, 5.41) is 6.84. The maximum atomic E-state index is 11.7. The maximum Gasteiger partial charge on any atom is 0.283 e. The van der Waals surface area contributed by atoms with Gasteiger partial charge in [-0.15, -0.1) is 0 Å². The zero-order chi connectivity index (χ0) is 13.0. The van der Waals surface area contributed by atoms with Crippen molar-refractivity contribution in [2.45, 2.75) is 13.5 Å². The number of carbonyl (C=O) groups excluding carboxylic acids is 1. The smallest absolute Gasteiger partial charge is 0.283 e. The first-order valence-electron chi connectivity index (χ1n) is 5.17. The second kappa shape index (κ2) is 5.81. The van der Waals surface area contributed by atoms with Gasteiger partial charge in [0.05, 0.1) is 18.4 Å². The van der Waals surface area contributed by atoms with Gasteiger partial charge in [0, 0.05) is 20.6 Å². The largest absolute Gasteiger partial charge is 0.374 e. The molecule has 6 nitrogen and oxygen atoms in total. The minimum atomic E-state index is -0.213. The summed E-state index contributed by atoms with van der Waals surface area (Å²) >= 11 is 3.20. The second-order valence-electron chi connectivity index (χ2n) is 3.63. The van der Waals surface area contributed by atoms with Crippen molar-refractivity contribution >= 4 is 27.5 Å². The Kier molecular flexibility index (Phi) is 4.68. The number of carbonyl (C=O) groups is 1. The molecule has 0 unspecified atom stereocenters. The van der Waals surface area contributed by atoms with Crippen LogP contribution in [0.4, 0.5) is 5.69 Å². The second-order valence-corrected chi connectivity index (χ2v) is 4.43. The van der Waals surface area contributed by atoms with E-state index in [0.717, 1.165) is 0 Å². The van der Waals surface area contributed by atoms with Crippen molar-refractivity contribution in [1.29, 1.82) is 0 Å². The third kappa shape index (κ3) is 3.29. The number of aryl methyl sites for hydroxylation is 1. The average Bonchev–Trinajstić information content (AvgIpc) is 2.30. The Morgan fingerprint density at radius 3 is 2.76 bits per heavy atom. The van der Waals surface area contributed by atoms with Crippen molar-refractivity contribution in [3.8, 4) is 0 Å².